The molecule has 1 radical (unpaired) electrons. The molecular formula is C2H5BrN. The Morgan fingerprint density at radius 1 is 1.75 bits per heavy atom. The van der Waals surface area contributed by atoms with Gasteiger partial charge in [0.15, 0.2) is 0 Å². The molecule has 0 fully saturated rings. The quantitative estimate of drug-likeness (QED) is 0.457. The Labute approximate surface area is 34.3 Å². The fourth-order valence-electron chi connectivity index (χ4n) is 0. The van der Waals surface area contributed by atoms with Crippen LogP contribution < -0.4 is 5.73 Å². The molecule has 1 N–H and O–H groups in total. The van der Waals surface area contributed by atoms with Gasteiger partial charge in [0.1, 0.15) is 0 Å². The van der Waals surface area contributed by atoms with Crippen molar-refractivity contribution in [3.63, 3.8) is 0 Å². The lowest BCUT2D eigenvalue weighted by Crippen LogP contribution is -1.79. The maximum atomic E-state index is 6.40. The fraction of sp³-hybridized carbons (Fsp3) is 1.00. The highest BCUT2D eigenvalue weighted by Crippen LogP contribution is 1.69. The van der Waals surface area contributed by atoms with Gasteiger partial charge in [-0.3, -0.25) is 5.73 Å². The first-order chi connectivity index (χ1) is 1.91. The predicted octanol–water partition coefficient (Wildman–Crippen LogP) is 0.664. The van der Waals surface area contributed by atoms with Gasteiger partial charge in [0, 0.05) is 11.9 Å². The Balaban J connectivity index is 1.97. The third-order valence-corrected chi connectivity index (χ3v) is 0.491. The molecule has 0 aliphatic heterocycles. The molecule has 2 heteroatoms. The largest absolute Gasteiger partial charge is 0.257 e. The van der Waals surface area contributed by atoms with E-state index in [2.05, 4.69) is 15.9 Å². The summed E-state index contributed by atoms with van der Waals surface area (Å²) in [5, 5.41) is 0.799. The maximum Gasteiger partial charge on any atom is 0.0197 e. The molecule has 0 aliphatic rings. The van der Waals surface area contributed by atoms with Gasteiger partial charge in [-0.15, -0.1) is 0 Å². The van der Waals surface area contributed by atoms with Gasteiger partial charge >= 0.3 is 0 Å². The molecule has 0 saturated carbocycles. The molecule has 0 spiro atoms. The van der Waals surface area contributed by atoms with Crippen LogP contribution in [0.5, 0.6) is 0 Å². The average molecular weight is 123 g/mol. The van der Waals surface area contributed by atoms with Crippen molar-refractivity contribution in [3.05, 3.63) is 0 Å². The zero-order chi connectivity index (χ0) is 3.41. The normalized spacial score (nSPS) is 7.50. The lowest BCUT2D eigenvalue weighted by atomic mass is 10.8. The van der Waals surface area contributed by atoms with Crippen molar-refractivity contribution in [1.29, 1.82) is 0 Å². The molecule has 1 nitrogen and oxygen atoms in total. The third kappa shape index (κ3) is 2.44. The molecule has 0 amide bonds. The van der Waals surface area contributed by atoms with Crippen LogP contribution in [0, 0.1) is 0 Å². The summed E-state index contributed by atoms with van der Waals surface area (Å²) in [4.78, 5) is 0. The summed E-state index contributed by atoms with van der Waals surface area (Å²) in [5.41, 5.74) is 6.40. The molecular weight excluding hydrogens is 118 g/mol. The van der Waals surface area contributed by atoms with E-state index in [0.29, 0.717) is 6.54 Å². The third-order valence-electron chi connectivity index (χ3n) is 0.0945. The highest BCUT2D eigenvalue weighted by molar-refractivity contribution is 9.09. The van der Waals surface area contributed by atoms with Crippen LogP contribution in [0.2, 0.25) is 0 Å². The number of alkyl halides is 1. The van der Waals surface area contributed by atoms with E-state index in [1.54, 1.807) is 0 Å². The van der Waals surface area contributed by atoms with Gasteiger partial charge in [-0.2, -0.15) is 0 Å². The van der Waals surface area contributed by atoms with Crippen LogP contribution >= 0.6 is 15.9 Å². The highest BCUT2D eigenvalue weighted by atomic mass is 79.9. The van der Waals surface area contributed by atoms with E-state index < -0.39 is 0 Å². The zero-order valence-electron chi connectivity index (χ0n) is 2.29. The maximum absolute atomic E-state index is 6.40. The number of hydrogen-bond donors (Lipinski definition) is 0. The van der Waals surface area contributed by atoms with E-state index in [-0.39, 0.29) is 0 Å². The summed E-state index contributed by atoms with van der Waals surface area (Å²) >= 11 is 3.06. The molecule has 0 aliphatic carbocycles. The monoisotopic (exact) mass is 122 g/mol. The lowest BCUT2D eigenvalue weighted by molar-refractivity contribution is 1.11. The van der Waals surface area contributed by atoms with Gasteiger partial charge < -0.3 is 0 Å². The van der Waals surface area contributed by atoms with Crippen molar-refractivity contribution in [2.75, 3.05) is 11.9 Å². The Morgan fingerprint density at radius 2 is 2.00 bits per heavy atom. The van der Waals surface area contributed by atoms with Crippen molar-refractivity contribution >= 4 is 15.9 Å². The molecule has 0 atom stereocenters. The summed E-state index contributed by atoms with van der Waals surface area (Å²) in [7, 11) is 0. The van der Waals surface area contributed by atoms with Crippen LogP contribution in [0.3, 0.4) is 0 Å². The Morgan fingerprint density at radius 3 is 2.00 bits per heavy atom. The minimum absolute atomic E-state index is 0.486. The summed E-state index contributed by atoms with van der Waals surface area (Å²) in [6.45, 7) is 0.486. The van der Waals surface area contributed by atoms with Gasteiger partial charge in [-0.1, -0.05) is 15.9 Å². The van der Waals surface area contributed by atoms with Crippen LogP contribution in [0.15, 0.2) is 0 Å². The molecule has 0 aromatic rings. The summed E-state index contributed by atoms with van der Waals surface area (Å²) < 4.78 is 0. The van der Waals surface area contributed by atoms with Crippen molar-refractivity contribution in [1.82, 2.24) is 5.73 Å². The lowest BCUT2D eigenvalue weighted by Gasteiger charge is -1.66. The first-order valence-corrected chi connectivity index (χ1v) is 2.24. The number of halogens is 1. The molecule has 0 unspecified atom stereocenters. The molecule has 0 bridgehead atoms. The van der Waals surface area contributed by atoms with E-state index >= 15 is 0 Å². The summed E-state index contributed by atoms with van der Waals surface area (Å²) in [6.07, 6.45) is 0. The molecule has 25 valence electrons. The Kier molecular flexibility index (Phi) is 3.82. The van der Waals surface area contributed by atoms with Gasteiger partial charge in [-0.25, -0.2) is 0 Å². The predicted molar refractivity (Wildman–Crippen MR) is 21.8 cm³/mol. The summed E-state index contributed by atoms with van der Waals surface area (Å²) in [6, 6.07) is 0. The van der Waals surface area contributed by atoms with Gasteiger partial charge in [0.05, 0.1) is 0 Å². The van der Waals surface area contributed by atoms with Gasteiger partial charge in [0.25, 0.3) is 0 Å². The van der Waals surface area contributed by atoms with E-state index in [1.807, 2.05) is 0 Å². The van der Waals surface area contributed by atoms with Gasteiger partial charge in [-0.05, 0) is 0 Å². The number of hydrogen-bond acceptors (Lipinski definition) is 0. The second-order valence-electron chi connectivity index (χ2n) is 0.439. The van der Waals surface area contributed by atoms with Crippen molar-refractivity contribution in [2.24, 2.45) is 0 Å². The molecule has 0 rings (SSSR count). The van der Waals surface area contributed by atoms with E-state index in [0.717, 1.165) is 5.33 Å². The standard InChI is InChI=1S/C2H5BrN/c3-1-2-4/h4H,1-2H2. The molecule has 0 heterocycles. The molecule has 0 aromatic heterocycles. The average Bonchev–Trinajstić information content (AvgIpc) is 1.37. The van der Waals surface area contributed by atoms with Crippen LogP contribution in [0.1, 0.15) is 0 Å². The van der Waals surface area contributed by atoms with E-state index in [4.69, 9.17) is 5.73 Å². The topological polar surface area (TPSA) is 23.8 Å². The minimum Gasteiger partial charge on any atom is -0.257 e. The van der Waals surface area contributed by atoms with E-state index in [9.17, 15) is 0 Å². The van der Waals surface area contributed by atoms with Crippen molar-refractivity contribution in [3.8, 4) is 0 Å². The minimum atomic E-state index is 0.486. The number of rotatable bonds is 1. The Hall–Kier alpha value is 0.440. The SMILES string of the molecule is [NH]CCBr. The first kappa shape index (κ1) is 4.44. The van der Waals surface area contributed by atoms with E-state index in [1.165, 1.54) is 0 Å². The summed E-state index contributed by atoms with van der Waals surface area (Å²) in [5.74, 6) is 0. The van der Waals surface area contributed by atoms with Crippen LogP contribution in [0.25, 0.3) is 0 Å². The van der Waals surface area contributed by atoms with Gasteiger partial charge in [0.2, 0.25) is 0 Å². The van der Waals surface area contributed by atoms with Crippen LogP contribution in [0.4, 0.5) is 0 Å². The molecule has 4 heavy (non-hydrogen) atoms. The highest BCUT2D eigenvalue weighted by Gasteiger charge is 1.59. The van der Waals surface area contributed by atoms with Crippen molar-refractivity contribution in [2.45, 2.75) is 0 Å². The smallest absolute Gasteiger partial charge is 0.0197 e. The van der Waals surface area contributed by atoms with Crippen LogP contribution in [-0.4, -0.2) is 11.9 Å². The van der Waals surface area contributed by atoms with Crippen LogP contribution in [-0.2, 0) is 0 Å². The number of nitrogens with one attached hydrogen (secondary N) is 1. The fourth-order valence-corrected chi connectivity index (χ4v) is 0. The Bertz CT molecular complexity index is 8.00. The van der Waals surface area contributed by atoms with Crippen molar-refractivity contribution < 1.29 is 0 Å². The molecule has 0 saturated heterocycles. The first-order valence-electron chi connectivity index (χ1n) is 1.12. The molecule has 0 aromatic carbocycles. The second-order valence-corrected chi connectivity index (χ2v) is 1.23. The second kappa shape index (κ2) is 3.44. The zero-order valence-corrected chi connectivity index (χ0v) is 3.88.